The molecule has 4 nitrogen and oxygen atoms in total. The summed E-state index contributed by atoms with van der Waals surface area (Å²) in [5.41, 5.74) is 0.477. The Bertz CT molecular complexity index is 406. The van der Waals surface area contributed by atoms with Crippen LogP contribution in [0.3, 0.4) is 0 Å². The van der Waals surface area contributed by atoms with E-state index in [4.69, 9.17) is 5.11 Å². The Labute approximate surface area is 102 Å². The number of nitrogens with zero attached hydrogens (tertiary/aromatic N) is 1. The van der Waals surface area contributed by atoms with E-state index in [1.807, 2.05) is 0 Å². The summed E-state index contributed by atoms with van der Waals surface area (Å²) in [4.78, 5) is 23.8. The normalized spacial score (nSPS) is 9.88. The van der Waals surface area contributed by atoms with E-state index < -0.39 is 5.97 Å². The number of benzene rings is 1. The van der Waals surface area contributed by atoms with Crippen LogP contribution in [0.25, 0.3) is 0 Å². The van der Waals surface area contributed by atoms with Crippen LogP contribution in [0.1, 0.15) is 17.3 Å². The monoisotopic (exact) mass is 285 g/mol. The van der Waals surface area contributed by atoms with E-state index in [-0.39, 0.29) is 12.5 Å². The summed E-state index contributed by atoms with van der Waals surface area (Å²) in [5.74, 6) is -1.29. The molecule has 1 aromatic rings. The number of likely N-dealkylation sites (N-methyl/N-ethyl adjacent to an activating group) is 1. The van der Waals surface area contributed by atoms with Crippen molar-refractivity contribution in [1.82, 2.24) is 4.90 Å². The van der Waals surface area contributed by atoms with E-state index >= 15 is 0 Å². The fourth-order valence-corrected chi connectivity index (χ4v) is 1.75. The average molecular weight is 286 g/mol. The lowest BCUT2D eigenvalue weighted by molar-refractivity contribution is -0.137. The molecule has 0 saturated carbocycles. The zero-order valence-corrected chi connectivity index (χ0v) is 10.4. The smallest absolute Gasteiger partial charge is 0.323 e. The predicted octanol–water partition coefficient (Wildman–Crippen LogP) is 2.00. The Hall–Kier alpha value is -1.36. The highest BCUT2D eigenvalue weighted by Gasteiger charge is 2.18. The van der Waals surface area contributed by atoms with Gasteiger partial charge in [-0.3, -0.25) is 9.59 Å². The number of carboxylic acid groups (broad SMARTS) is 1. The first-order valence-electron chi connectivity index (χ1n) is 4.81. The highest BCUT2D eigenvalue weighted by molar-refractivity contribution is 9.10. The van der Waals surface area contributed by atoms with Crippen LogP contribution in [0.4, 0.5) is 0 Å². The number of carbonyl (C=O) groups is 2. The third-order valence-electron chi connectivity index (χ3n) is 2.10. The van der Waals surface area contributed by atoms with Crippen molar-refractivity contribution in [1.29, 1.82) is 0 Å². The van der Waals surface area contributed by atoms with E-state index in [1.165, 1.54) is 4.90 Å². The van der Waals surface area contributed by atoms with Gasteiger partial charge >= 0.3 is 5.97 Å². The van der Waals surface area contributed by atoms with Crippen molar-refractivity contribution in [2.75, 3.05) is 13.1 Å². The van der Waals surface area contributed by atoms with Crippen LogP contribution in [0, 0.1) is 0 Å². The summed E-state index contributed by atoms with van der Waals surface area (Å²) >= 11 is 3.27. The van der Waals surface area contributed by atoms with Gasteiger partial charge in [0, 0.05) is 11.0 Å². The molecular weight excluding hydrogens is 274 g/mol. The number of rotatable bonds is 4. The van der Waals surface area contributed by atoms with Gasteiger partial charge < -0.3 is 10.0 Å². The predicted molar refractivity (Wildman–Crippen MR) is 63.4 cm³/mol. The molecule has 0 radical (unpaired) electrons. The molecule has 0 atom stereocenters. The van der Waals surface area contributed by atoms with Gasteiger partial charge in [0.15, 0.2) is 0 Å². The molecule has 1 amide bonds. The zero-order valence-electron chi connectivity index (χ0n) is 8.81. The molecule has 0 spiro atoms. The summed E-state index contributed by atoms with van der Waals surface area (Å²) in [5, 5.41) is 8.67. The van der Waals surface area contributed by atoms with Gasteiger partial charge in [0.25, 0.3) is 5.91 Å². The lowest BCUT2D eigenvalue weighted by Crippen LogP contribution is -2.35. The third-order valence-corrected chi connectivity index (χ3v) is 2.79. The number of halogens is 1. The summed E-state index contributed by atoms with van der Waals surface area (Å²) in [6.07, 6.45) is 0. The van der Waals surface area contributed by atoms with E-state index in [0.717, 1.165) is 0 Å². The molecule has 0 aliphatic rings. The fourth-order valence-electron chi connectivity index (χ4n) is 1.30. The Kier molecular flexibility index (Phi) is 4.49. The molecule has 1 N–H and O–H groups in total. The maximum Gasteiger partial charge on any atom is 0.323 e. The minimum Gasteiger partial charge on any atom is -0.480 e. The summed E-state index contributed by atoms with van der Waals surface area (Å²) in [6.45, 7) is 1.83. The van der Waals surface area contributed by atoms with Crippen molar-refractivity contribution in [2.45, 2.75) is 6.92 Å². The second-order valence-electron chi connectivity index (χ2n) is 3.19. The summed E-state index contributed by atoms with van der Waals surface area (Å²) in [6, 6.07) is 6.96. The minimum absolute atomic E-state index is 0.280. The molecule has 16 heavy (non-hydrogen) atoms. The van der Waals surface area contributed by atoms with Gasteiger partial charge in [0.1, 0.15) is 6.54 Å². The Morgan fingerprint density at radius 1 is 1.38 bits per heavy atom. The molecule has 0 bridgehead atoms. The molecule has 0 aliphatic carbocycles. The number of hydrogen-bond acceptors (Lipinski definition) is 2. The first-order chi connectivity index (χ1) is 7.56. The summed E-state index contributed by atoms with van der Waals surface area (Å²) < 4.78 is 0.670. The lowest BCUT2D eigenvalue weighted by atomic mass is 10.2. The van der Waals surface area contributed by atoms with E-state index in [2.05, 4.69) is 15.9 Å². The van der Waals surface area contributed by atoms with Gasteiger partial charge in [-0.15, -0.1) is 0 Å². The van der Waals surface area contributed by atoms with Gasteiger partial charge in [0.2, 0.25) is 0 Å². The van der Waals surface area contributed by atoms with Crippen molar-refractivity contribution in [3.63, 3.8) is 0 Å². The SMILES string of the molecule is CCN(CC(=O)O)C(=O)c1ccccc1Br. The second-order valence-corrected chi connectivity index (χ2v) is 4.05. The molecule has 1 rings (SSSR count). The van der Waals surface area contributed by atoms with Crippen LogP contribution in [-0.4, -0.2) is 35.0 Å². The topological polar surface area (TPSA) is 57.6 Å². The number of hydrogen-bond donors (Lipinski definition) is 1. The maximum absolute atomic E-state index is 12.0. The van der Waals surface area contributed by atoms with Crippen LogP contribution in [0.15, 0.2) is 28.7 Å². The highest BCUT2D eigenvalue weighted by Crippen LogP contribution is 2.17. The first kappa shape index (κ1) is 12.7. The molecular formula is C11H12BrNO3. The van der Waals surface area contributed by atoms with Crippen LogP contribution in [-0.2, 0) is 4.79 Å². The van der Waals surface area contributed by atoms with Crippen LogP contribution >= 0.6 is 15.9 Å². The molecule has 86 valence electrons. The Balaban J connectivity index is 2.91. The summed E-state index contributed by atoms with van der Waals surface area (Å²) in [7, 11) is 0. The molecule has 0 unspecified atom stereocenters. The molecule has 0 saturated heterocycles. The second kappa shape index (κ2) is 5.65. The molecule has 1 aromatic carbocycles. The van der Waals surface area contributed by atoms with Crippen molar-refractivity contribution in [3.05, 3.63) is 34.3 Å². The number of aliphatic carboxylic acids is 1. The lowest BCUT2D eigenvalue weighted by Gasteiger charge is -2.19. The van der Waals surface area contributed by atoms with Crippen LogP contribution < -0.4 is 0 Å². The van der Waals surface area contributed by atoms with Gasteiger partial charge in [-0.1, -0.05) is 12.1 Å². The Morgan fingerprint density at radius 3 is 2.50 bits per heavy atom. The fraction of sp³-hybridized carbons (Fsp3) is 0.273. The number of carbonyl (C=O) groups excluding carboxylic acids is 1. The molecule has 0 aromatic heterocycles. The largest absolute Gasteiger partial charge is 0.480 e. The van der Waals surface area contributed by atoms with Crippen molar-refractivity contribution in [3.8, 4) is 0 Å². The Morgan fingerprint density at radius 2 is 2.00 bits per heavy atom. The first-order valence-corrected chi connectivity index (χ1v) is 5.61. The highest BCUT2D eigenvalue weighted by atomic mass is 79.9. The number of carboxylic acids is 1. The quantitative estimate of drug-likeness (QED) is 0.921. The maximum atomic E-state index is 12.0. The van der Waals surface area contributed by atoms with Gasteiger partial charge in [-0.25, -0.2) is 0 Å². The van der Waals surface area contributed by atoms with Gasteiger partial charge in [0.05, 0.1) is 5.56 Å². The van der Waals surface area contributed by atoms with Gasteiger partial charge in [-0.2, -0.15) is 0 Å². The van der Waals surface area contributed by atoms with E-state index in [9.17, 15) is 9.59 Å². The number of amides is 1. The molecule has 0 fully saturated rings. The molecule has 5 heteroatoms. The minimum atomic E-state index is -1.01. The average Bonchev–Trinajstić information content (AvgIpc) is 2.25. The van der Waals surface area contributed by atoms with Gasteiger partial charge in [-0.05, 0) is 35.0 Å². The van der Waals surface area contributed by atoms with Crippen molar-refractivity contribution in [2.24, 2.45) is 0 Å². The van der Waals surface area contributed by atoms with E-state index in [1.54, 1.807) is 31.2 Å². The van der Waals surface area contributed by atoms with Crippen molar-refractivity contribution >= 4 is 27.8 Å². The van der Waals surface area contributed by atoms with Crippen LogP contribution in [0.2, 0.25) is 0 Å². The van der Waals surface area contributed by atoms with Crippen LogP contribution in [0.5, 0.6) is 0 Å². The van der Waals surface area contributed by atoms with E-state index in [0.29, 0.717) is 16.6 Å². The standard InChI is InChI=1S/C11H12BrNO3/c1-2-13(7-10(14)15)11(16)8-5-3-4-6-9(8)12/h3-6H,2,7H2,1H3,(H,14,15). The third kappa shape index (κ3) is 3.06. The molecule has 0 aliphatic heterocycles. The van der Waals surface area contributed by atoms with Crippen molar-refractivity contribution < 1.29 is 14.7 Å². The molecule has 0 heterocycles. The zero-order chi connectivity index (χ0) is 12.1.